The first-order chi connectivity index (χ1) is 12.1. The molecule has 2 rings (SSSR count). The minimum absolute atomic E-state index is 0.0645. The van der Waals surface area contributed by atoms with Crippen LogP contribution in [0.2, 0.25) is 0 Å². The average Bonchev–Trinajstić information content (AvgIpc) is 3.13. The summed E-state index contributed by atoms with van der Waals surface area (Å²) in [6.07, 6.45) is 0.834. The van der Waals surface area contributed by atoms with Gasteiger partial charge in [-0.15, -0.1) is 11.3 Å². The van der Waals surface area contributed by atoms with Crippen LogP contribution in [0.5, 0.6) is 17.2 Å². The number of amides is 1. The fourth-order valence-corrected chi connectivity index (χ4v) is 3.11. The van der Waals surface area contributed by atoms with Crippen molar-refractivity contribution in [1.82, 2.24) is 5.32 Å². The number of hydrogen-bond donors (Lipinski definition) is 2. The number of ether oxygens (including phenoxy) is 3. The van der Waals surface area contributed by atoms with E-state index in [-0.39, 0.29) is 5.91 Å². The van der Waals surface area contributed by atoms with E-state index in [0.717, 1.165) is 12.1 Å². The molecule has 0 aliphatic rings. The number of carbonyl (C=O) groups is 1. The van der Waals surface area contributed by atoms with Crippen molar-refractivity contribution in [2.75, 3.05) is 33.2 Å². The number of methoxy groups -OCH3 is 3. The molecule has 0 aliphatic heterocycles. The van der Waals surface area contributed by atoms with E-state index < -0.39 is 6.04 Å². The van der Waals surface area contributed by atoms with Gasteiger partial charge in [-0.2, -0.15) is 0 Å². The molecule has 7 heteroatoms. The molecule has 2 aromatic rings. The normalized spacial score (nSPS) is 11.5. The second-order valence-electron chi connectivity index (χ2n) is 5.40. The van der Waals surface area contributed by atoms with E-state index in [1.165, 1.54) is 4.88 Å². The highest BCUT2D eigenvalue weighted by Crippen LogP contribution is 2.40. The maximum Gasteiger partial charge on any atom is 0.242 e. The number of anilines is 1. The van der Waals surface area contributed by atoms with Gasteiger partial charge in [0.05, 0.1) is 21.3 Å². The predicted octanol–water partition coefficient (Wildman–Crippen LogP) is 2.93. The van der Waals surface area contributed by atoms with Crippen molar-refractivity contribution in [3.8, 4) is 17.2 Å². The Morgan fingerprint density at radius 2 is 1.84 bits per heavy atom. The van der Waals surface area contributed by atoms with Crippen LogP contribution in [0.3, 0.4) is 0 Å². The van der Waals surface area contributed by atoms with Crippen molar-refractivity contribution in [2.24, 2.45) is 0 Å². The van der Waals surface area contributed by atoms with E-state index in [9.17, 15) is 4.79 Å². The van der Waals surface area contributed by atoms with Gasteiger partial charge < -0.3 is 24.8 Å². The Hall–Kier alpha value is -2.41. The first-order valence-corrected chi connectivity index (χ1v) is 8.83. The van der Waals surface area contributed by atoms with E-state index in [0.29, 0.717) is 23.8 Å². The first kappa shape index (κ1) is 18.9. The zero-order valence-electron chi connectivity index (χ0n) is 14.9. The van der Waals surface area contributed by atoms with Gasteiger partial charge >= 0.3 is 0 Å². The summed E-state index contributed by atoms with van der Waals surface area (Å²) in [6.45, 7) is 2.42. The molecule has 136 valence electrons. The first-order valence-electron chi connectivity index (χ1n) is 7.95. The molecule has 0 aliphatic carbocycles. The summed E-state index contributed by atoms with van der Waals surface area (Å²) in [7, 11) is 4.67. The summed E-state index contributed by atoms with van der Waals surface area (Å²) >= 11 is 1.69. The molecule has 1 heterocycles. The van der Waals surface area contributed by atoms with Gasteiger partial charge in [0.2, 0.25) is 11.7 Å². The van der Waals surface area contributed by atoms with Gasteiger partial charge in [0.25, 0.3) is 0 Å². The van der Waals surface area contributed by atoms with Crippen LogP contribution in [0.15, 0.2) is 29.6 Å². The van der Waals surface area contributed by atoms with Crippen molar-refractivity contribution in [2.45, 2.75) is 19.4 Å². The van der Waals surface area contributed by atoms with Gasteiger partial charge in [-0.05, 0) is 24.8 Å². The maximum atomic E-state index is 12.3. The zero-order valence-corrected chi connectivity index (χ0v) is 15.7. The standard InChI is InChI=1S/C18H24N2O4S/c1-12(18(21)19-8-7-14-6-5-9-25-14)20-13-10-15(22-2)17(24-4)16(11-13)23-3/h5-6,9-12,20H,7-8H2,1-4H3,(H,19,21). The molecule has 0 bridgehead atoms. The summed E-state index contributed by atoms with van der Waals surface area (Å²) < 4.78 is 15.9. The molecule has 1 aromatic carbocycles. The Morgan fingerprint density at radius 3 is 2.36 bits per heavy atom. The van der Waals surface area contributed by atoms with Crippen LogP contribution >= 0.6 is 11.3 Å². The second-order valence-corrected chi connectivity index (χ2v) is 6.43. The van der Waals surface area contributed by atoms with Crippen molar-refractivity contribution in [3.05, 3.63) is 34.5 Å². The SMILES string of the molecule is COc1cc(NC(C)C(=O)NCCc2cccs2)cc(OC)c1OC. The lowest BCUT2D eigenvalue weighted by Crippen LogP contribution is -2.38. The lowest BCUT2D eigenvalue weighted by atomic mass is 10.2. The highest BCUT2D eigenvalue weighted by atomic mass is 32.1. The molecule has 1 unspecified atom stereocenters. The zero-order chi connectivity index (χ0) is 18.2. The third-order valence-electron chi connectivity index (χ3n) is 3.69. The van der Waals surface area contributed by atoms with Gasteiger partial charge in [0.1, 0.15) is 6.04 Å². The van der Waals surface area contributed by atoms with Crippen LogP contribution in [0.1, 0.15) is 11.8 Å². The van der Waals surface area contributed by atoms with E-state index in [1.807, 2.05) is 18.4 Å². The van der Waals surface area contributed by atoms with Crippen LogP contribution in [-0.2, 0) is 11.2 Å². The molecule has 1 aromatic heterocycles. The fraction of sp³-hybridized carbons (Fsp3) is 0.389. The smallest absolute Gasteiger partial charge is 0.242 e. The molecular weight excluding hydrogens is 340 g/mol. The van der Waals surface area contributed by atoms with E-state index in [4.69, 9.17) is 14.2 Å². The lowest BCUT2D eigenvalue weighted by molar-refractivity contribution is -0.121. The van der Waals surface area contributed by atoms with Crippen molar-refractivity contribution in [3.63, 3.8) is 0 Å². The van der Waals surface area contributed by atoms with E-state index in [1.54, 1.807) is 44.8 Å². The minimum Gasteiger partial charge on any atom is -0.493 e. The van der Waals surface area contributed by atoms with Gasteiger partial charge in [0, 0.05) is 29.2 Å². The van der Waals surface area contributed by atoms with Crippen LogP contribution in [0, 0.1) is 0 Å². The van der Waals surface area contributed by atoms with Crippen molar-refractivity contribution in [1.29, 1.82) is 0 Å². The van der Waals surface area contributed by atoms with E-state index in [2.05, 4.69) is 16.7 Å². The Morgan fingerprint density at radius 1 is 1.16 bits per heavy atom. The Labute approximate surface area is 152 Å². The summed E-state index contributed by atoms with van der Waals surface area (Å²) in [5, 5.41) is 8.13. The highest BCUT2D eigenvalue weighted by Gasteiger charge is 2.17. The topological polar surface area (TPSA) is 68.8 Å². The molecule has 0 radical (unpaired) electrons. The predicted molar refractivity (Wildman–Crippen MR) is 100 cm³/mol. The molecular formula is C18H24N2O4S. The molecule has 0 saturated carbocycles. The minimum atomic E-state index is -0.397. The fourth-order valence-electron chi connectivity index (χ4n) is 2.40. The Kier molecular flexibility index (Phi) is 6.94. The molecule has 25 heavy (non-hydrogen) atoms. The van der Waals surface area contributed by atoms with Crippen molar-refractivity contribution >= 4 is 22.9 Å². The van der Waals surface area contributed by atoms with E-state index >= 15 is 0 Å². The molecule has 0 fully saturated rings. The number of nitrogens with one attached hydrogen (secondary N) is 2. The Bertz CT molecular complexity index is 663. The van der Waals surface area contributed by atoms with Gasteiger partial charge in [0.15, 0.2) is 11.5 Å². The largest absolute Gasteiger partial charge is 0.493 e. The van der Waals surface area contributed by atoms with Crippen LogP contribution < -0.4 is 24.8 Å². The number of benzene rings is 1. The molecule has 1 atom stereocenters. The lowest BCUT2D eigenvalue weighted by Gasteiger charge is -2.18. The molecule has 0 saturated heterocycles. The number of hydrogen-bond acceptors (Lipinski definition) is 6. The van der Waals surface area contributed by atoms with Gasteiger partial charge in [-0.1, -0.05) is 6.07 Å². The number of rotatable bonds is 9. The molecule has 0 spiro atoms. The molecule has 6 nitrogen and oxygen atoms in total. The second kappa shape index (κ2) is 9.17. The van der Waals surface area contributed by atoms with Gasteiger partial charge in [-0.25, -0.2) is 0 Å². The number of thiophene rings is 1. The van der Waals surface area contributed by atoms with Crippen LogP contribution in [-0.4, -0.2) is 39.8 Å². The van der Waals surface area contributed by atoms with Crippen LogP contribution in [0.25, 0.3) is 0 Å². The quantitative estimate of drug-likeness (QED) is 0.716. The van der Waals surface area contributed by atoms with Crippen LogP contribution in [0.4, 0.5) is 5.69 Å². The maximum absolute atomic E-state index is 12.3. The summed E-state index contributed by atoms with van der Waals surface area (Å²) in [4.78, 5) is 13.5. The van der Waals surface area contributed by atoms with Crippen molar-refractivity contribution < 1.29 is 19.0 Å². The summed E-state index contributed by atoms with van der Waals surface area (Å²) in [5.74, 6) is 1.53. The van der Waals surface area contributed by atoms with Gasteiger partial charge in [-0.3, -0.25) is 4.79 Å². The average molecular weight is 364 g/mol. The summed E-state index contributed by atoms with van der Waals surface area (Å²) in [5.41, 5.74) is 0.718. The highest BCUT2D eigenvalue weighted by molar-refractivity contribution is 7.09. The monoisotopic (exact) mass is 364 g/mol. The molecule has 1 amide bonds. The third-order valence-corrected chi connectivity index (χ3v) is 4.63. The number of carbonyl (C=O) groups excluding carboxylic acids is 1. The summed E-state index contributed by atoms with van der Waals surface area (Å²) in [6, 6.07) is 7.23. The Balaban J connectivity index is 1.96. The third kappa shape index (κ3) is 5.03. The molecule has 2 N–H and O–H groups in total.